The van der Waals surface area contributed by atoms with Crippen LogP contribution >= 0.6 is 22.7 Å². The van der Waals surface area contributed by atoms with Gasteiger partial charge in [0.2, 0.25) is 0 Å². The molecule has 0 bridgehead atoms. The molecule has 0 spiro atoms. The van der Waals surface area contributed by atoms with Gasteiger partial charge in [0.1, 0.15) is 0 Å². The summed E-state index contributed by atoms with van der Waals surface area (Å²) in [6.07, 6.45) is -4.63. The molecule has 0 unspecified atom stereocenters. The van der Waals surface area contributed by atoms with E-state index >= 15 is 0 Å². The van der Waals surface area contributed by atoms with Crippen LogP contribution in [0.1, 0.15) is 21.1 Å². The number of amides is 1. The normalized spacial score (nSPS) is 11.8. The molecule has 0 radical (unpaired) electrons. The number of carbonyl (C=O) groups is 1. The van der Waals surface area contributed by atoms with Gasteiger partial charge in [0.05, 0.1) is 17.1 Å². The third kappa shape index (κ3) is 3.58. The zero-order valence-electron chi connectivity index (χ0n) is 13.5. The van der Waals surface area contributed by atoms with Crippen molar-refractivity contribution in [1.29, 1.82) is 0 Å². The van der Waals surface area contributed by atoms with Gasteiger partial charge in [-0.3, -0.25) is 4.79 Å². The van der Waals surface area contributed by atoms with Gasteiger partial charge < -0.3 is 5.32 Å². The van der Waals surface area contributed by atoms with Crippen molar-refractivity contribution in [2.75, 3.05) is 0 Å². The first-order chi connectivity index (χ1) is 12.9. The van der Waals surface area contributed by atoms with Gasteiger partial charge in [-0.15, -0.1) is 22.7 Å². The smallest absolute Gasteiger partial charge is 0.346 e. The lowest BCUT2D eigenvalue weighted by molar-refractivity contribution is -0.142. The number of nitrogens with zero attached hydrogens (tertiary/aromatic N) is 3. The van der Waals surface area contributed by atoms with Crippen LogP contribution in [0.25, 0.3) is 16.2 Å². The fourth-order valence-corrected chi connectivity index (χ4v) is 3.84. The van der Waals surface area contributed by atoms with Crippen molar-refractivity contribution in [3.63, 3.8) is 0 Å². The molecule has 0 atom stereocenters. The molecule has 0 fully saturated rings. The Morgan fingerprint density at radius 1 is 1.15 bits per heavy atom. The van der Waals surface area contributed by atoms with Crippen LogP contribution in [0, 0.1) is 0 Å². The largest absolute Gasteiger partial charge is 0.433 e. The van der Waals surface area contributed by atoms with Crippen LogP contribution in [0.3, 0.4) is 0 Å². The van der Waals surface area contributed by atoms with E-state index in [1.54, 1.807) is 17.5 Å². The Morgan fingerprint density at radius 3 is 2.59 bits per heavy atom. The monoisotopic (exact) mass is 408 g/mol. The molecule has 10 heteroatoms. The third-order valence-electron chi connectivity index (χ3n) is 3.73. The highest BCUT2D eigenvalue weighted by Gasteiger charge is 2.35. The maximum Gasteiger partial charge on any atom is 0.433 e. The van der Waals surface area contributed by atoms with Crippen molar-refractivity contribution >= 4 is 34.2 Å². The Hall–Kier alpha value is -2.72. The number of hydrogen-bond acceptors (Lipinski definition) is 5. The molecule has 1 amide bonds. The van der Waals surface area contributed by atoms with E-state index in [1.165, 1.54) is 28.7 Å². The fraction of sp³-hybridized carbons (Fsp3) is 0.118. The summed E-state index contributed by atoms with van der Waals surface area (Å²) in [7, 11) is 0. The average Bonchev–Trinajstić information content (AvgIpc) is 3.38. The Morgan fingerprint density at radius 2 is 1.93 bits per heavy atom. The van der Waals surface area contributed by atoms with E-state index in [9.17, 15) is 18.0 Å². The summed E-state index contributed by atoms with van der Waals surface area (Å²) in [5.74, 6) is -0.556. The number of hydrogen-bond donors (Lipinski definition) is 1. The second-order valence-corrected chi connectivity index (χ2v) is 7.54. The number of halogens is 3. The molecule has 138 valence electrons. The summed E-state index contributed by atoms with van der Waals surface area (Å²) in [5.41, 5.74) is -0.939. The molecule has 1 N–H and O–H groups in total. The number of thiophene rings is 2. The third-order valence-corrected chi connectivity index (χ3v) is 5.50. The zero-order valence-corrected chi connectivity index (χ0v) is 15.2. The first-order valence-electron chi connectivity index (χ1n) is 7.74. The van der Waals surface area contributed by atoms with Gasteiger partial charge in [-0.1, -0.05) is 12.1 Å². The molecule has 0 saturated heterocycles. The fourth-order valence-electron chi connectivity index (χ4n) is 2.51. The number of aromatic nitrogens is 3. The van der Waals surface area contributed by atoms with Crippen LogP contribution < -0.4 is 5.32 Å². The lowest BCUT2D eigenvalue weighted by Gasteiger charge is -2.10. The van der Waals surface area contributed by atoms with E-state index in [0.29, 0.717) is 9.39 Å². The number of nitrogens with one attached hydrogen (secondary N) is 1. The Kier molecular flexibility index (Phi) is 4.44. The maximum atomic E-state index is 13.5. The van der Waals surface area contributed by atoms with E-state index in [4.69, 9.17) is 0 Å². The van der Waals surface area contributed by atoms with Crippen LogP contribution in [0.5, 0.6) is 0 Å². The van der Waals surface area contributed by atoms with E-state index in [1.807, 2.05) is 17.5 Å². The molecule has 0 aromatic carbocycles. The van der Waals surface area contributed by atoms with E-state index in [0.717, 1.165) is 10.9 Å². The highest BCUT2D eigenvalue weighted by atomic mass is 32.1. The maximum absolute atomic E-state index is 13.5. The quantitative estimate of drug-likeness (QED) is 0.542. The SMILES string of the molecule is O=C(NCc1cccs1)c1cc2nc(-c3cccs3)cc(C(F)(F)F)n2n1. The lowest BCUT2D eigenvalue weighted by Crippen LogP contribution is -2.23. The van der Waals surface area contributed by atoms with Gasteiger partial charge in [-0.05, 0) is 29.0 Å². The average molecular weight is 408 g/mol. The van der Waals surface area contributed by atoms with Gasteiger partial charge in [-0.25, -0.2) is 9.50 Å². The van der Waals surface area contributed by atoms with Gasteiger partial charge >= 0.3 is 6.18 Å². The number of rotatable bonds is 4. The minimum atomic E-state index is -4.63. The standard InChI is InChI=1S/C17H11F3N4OS2/c18-17(19,20)14-7-11(13-4-2-6-27-13)22-15-8-12(23-24(14)15)16(25)21-9-10-3-1-5-26-10/h1-8H,9H2,(H,21,25). The first-order valence-corrected chi connectivity index (χ1v) is 9.50. The Labute approximate surface area is 159 Å². The summed E-state index contributed by atoms with van der Waals surface area (Å²) >= 11 is 2.76. The van der Waals surface area contributed by atoms with E-state index in [2.05, 4.69) is 15.4 Å². The number of fused-ring (bicyclic) bond motifs is 1. The summed E-state index contributed by atoms with van der Waals surface area (Å²) in [6, 6.07) is 9.33. The number of carbonyl (C=O) groups excluding carboxylic acids is 1. The van der Waals surface area contributed by atoms with Crippen molar-refractivity contribution in [3.05, 3.63) is 63.4 Å². The molecule has 4 heterocycles. The van der Waals surface area contributed by atoms with Crippen molar-refractivity contribution in [1.82, 2.24) is 19.9 Å². The predicted octanol–water partition coefficient (Wildman–Crippen LogP) is 4.47. The molecule has 4 aromatic rings. The highest BCUT2D eigenvalue weighted by Crippen LogP contribution is 2.33. The molecular formula is C17H11F3N4OS2. The minimum Gasteiger partial charge on any atom is -0.346 e. The van der Waals surface area contributed by atoms with Crippen molar-refractivity contribution < 1.29 is 18.0 Å². The molecule has 27 heavy (non-hydrogen) atoms. The summed E-state index contributed by atoms with van der Waals surface area (Å²) in [5, 5.41) is 10.1. The Balaban J connectivity index is 1.73. The second kappa shape index (κ2) is 6.78. The predicted molar refractivity (Wildman–Crippen MR) is 96.8 cm³/mol. The minimum absolute atomic E-state index is 0.0329. The molecular weight excluding hydrogens is 397 g/mol. The summed E-state index contributed by atoms with van der Waals surface area (Å²) < 4.78 is 41.2. The molecule has 4 aromatic heterocycles. The molecule has 5 nitrogen and oxygen atoms in total. The van der Waals surface area contributed by atoms with Crippen molar-refractivity contribution in [3.8, 4) is 10.6 Å². The molecule has 0 aliphatic carbocycles. The van der Waals surface area contributed by atoms with Crippen LogP contribution in [-0.2, 0) is 12.7 Å². The van der Waals surface area contributed by atoms with Crippen LogP contribution in [0.4, 0.5) is 13.2 Å². The Bertz CT molecular complexity index is 1090. The zero-order chi connectivity index (χ0) is 19.0. The second-order valence-electron chi connectivity index (χ2n) is 5.56. The summed E-state index contributed by atoms with van der Waals surface area (Å²) in [6.45, 7) is 0.282. The lowest BCUT2D eigenvalue weighted by atomic mass is 10.2. The first kappa shape index (κ1) is 17.7. The highest BCUT2D eigenvalue weighted by molar-refractivity contribution is 7.13. The molecule has 0 aliphatic rings. The van der Waals surface area contributed by atoms with Gasteiger partial charge in [0.15, 0.2) is 17.0 Å². The van der Waals surface area contributed by atoms with Gasteiger partial charge in [-0.2, -0.15) is 18.3 Å². The van der Waals surface area contributed by atoms with E-state index < -0.39 is 17.8 Å². The molecule has 0 aliphatic heterocycles. The van der Waals surface area contributed by atoms with Crippen LogP contribution in [0.2, 0.25) is 0 Å². The van der Waals surface area contributed by atoms with Gasteiger partial charge in [0.25, 0.3) is 5.91 Å². The van der Waals surface area contributed by atoms with Crippen LogP contribution in [-0.4, -0.2) is 20.5 Å². The van der Waals surface area contributed by atoms with E-state index in [-0.39, 0.29) is 23.6 Å². The van der Waals surface area contributed by atoms with Crippen LogP contribution in [0.15, 0.2) is 47.2 Å². The molecule has 4 rings (SSSR count). The molecule has 0 saturated carbocycles. The van der Waals surface area contributed by atoms with Gasteiger partial charge in [0, 0.05) is 10.9 Å². The summed E-state index contributed by atoms with van der Waals surface area (Å²) in [4.78, 5) is 18.1. The number of alkyl halides is 3. The van der Waals surface area contributed by atoms with Crippen molar-refractivity contribution in [2.45, 2.75) is 12.7 Å². The van der Waals surface area contributed by atoms with Crippen molar-refractivity contribution in [2.24, 2.45) is 0 Å². The topological polar surface area (TPSA) is 59.3 Å².